The van der Waals surface area contributed by atoms with Crippen molar-refractivity contribution in [2.75, 3.05) is 13.2 Å². The number of aliphatic hydroxyl groups is 1. The van der Waals surface area contributed by atoms with E-state index in [9.17, 15) is 14.7 Å². The van der Waals surface area contributed by atoms with Crippen molar-refractivity contribution in [2.45, 2.75) is 39.8 Å². The molecule has 1 aliphatic rings. The fourth-order valence-corrected chi connectivity index (χ4v) is 4.11. The van der Waals surface area contributed by atoms with Gasteiger partial charge in [-0.05, 0) is 66.8 Å². The Labute approximate surface area is 210 Å². The summed E-state index contributed by atoms with van der Waals surface area (Å²) in [5.41, 5.74) is 1.37. The monoisotopic (exact) mass is 490 g/mol. The fraction of sp³-hybridized carbons (Fsp3) is 0.321. The molecule has 188 valence electrons. The van der Waals surface area contributed by atoms with Gasteiger partial charge in [-0.1, -0.05) is 19.9 Å². The van der Waals surface area contributed by atoms with Crippen molar-refractivity contribution in [2.24, 2.45) is 5.92 Å². The molecule has 0 radical (unpaired) electrons. The van der Waals surface area contributed by atoms with Crippen molar-refractivity contribution in [3.63, 3.8) is 0 Å². The molecule has 0 fully saturated rings. The number of pyridine rings is 1. The van der Waals surface area contributed by atoms with Gasteiger partial charge in [0, 0.05) is 18.9 Å². The molecule has 0 bridgehead atoms. The molecule has 8 nitrogen and oxygen atoms in total. The van der Waals surface area contributed by atoms with Crippen LogP contribution in [0.3, 0.4) is 0 Å². The first-order valence-electron chi connectivity index (χ1n) is 12.0. The Morgan fingerprint density at radius 1 is 1.14 bits per heavy atom. The van der Waals surface area contributed by atoms with Crippen molar-refractivity contribution < 1.29 is 28.6 Å². The molecule has 1 N–H and O–H groups in total. The second-order valence-electron chi connectivity index (χ2n) is 8.93. The van der Waals surface area contributed by atoms with Gasteiger partial charge in [0.2, 0.25) is 5.78 Å². The molecule has 1 unspecified atom stereocenters. The van der Waals surface area contributed by atoms with Gasteiger partial charge in [-0.15, -0.1) is 0 Å². The number of rotatable bonds is 11. The van der Waals surface area contributed by atoms with Crippen molar-refractivity contribution in [1.29, 1.82) is 0 Å². The predicted molar refractivity (Wildman–Crippen MR) is 133 cm³/mol. The quantitative estimate of drug-likeness (QED) is 0.365. The molecule has 0 spiro atoms. The van der Waals surface area contributed by atoms with E-state index in [1.165, 1.54) is 17.2 Å². The Morgan fingerprint density at radius 3 is 2.58 bits per heavy atom. The van der Waals surface area contributed by atoms with E-state index in [-0.39, 0.29) is 17.9 Å². The smallest absolute Gasteiger partial charge is 0.290 e. The lowest BCUT2D eigenvalue weighted by atomic mass is 9.94. The molecule has 0 aliphatic carbocycles. The first kappa shape index (κ1) is 25.0. The van der Waals surface area contributed by atoms with E-state index < -0.39 is 23.5 Å². The Morgan fingerprint density at radius 2 is 1.92 bits per heavy atom. The molecular weight excluding hydrogens is 460 g/mol. The summed E-state index contributed by atoms with van der Waals surface area (Å²) in [6.45, 7) is 7.24. The zero-order valence-corrected chi connectivity index (χ0v) is 20.6. The van der Waals surface area contributed by atoms with Crippen molar-refractivity contribution >= 4 is 11.7 Å². The summed E-state index contributed by atoms with van der Waals surface area (Å²) in [5.74, 6) is -0.159. The highest BCUT2D eigenvalue weighted by molar-refractivity contribution is 6.15. The van der Waals surface area contributed by atoms with E-state index in [0.717, 1.165) is 12.0 Å². The highest BCUT2D eigenvalue weighted by atomic mass is 16.5. The van der Waals surface area contributed by atoms with Crippen LogP contribution < -0.4 is 9.47 Å². The van der Waals surface area contributed by atoms with Crippen LogP contribution in [-0.2, 0) is 11.3 Å². The van der Waals surface area contributed by atoms with Gasteiger partial charge < -0.3 is 23.9 Å². The summed E-state index contributed by atoms with van der Waals surface area (Å²) in [6, 6.07) is 11.1. The van der Waals surface area contributed by atoms with E-state index >= 15 is 0 Å². The SMILES string of the molecule is CCOc1cc(C2C(C(=O)c3ccco3)=C(O)C(=O)N2Cc2ccncc2)ccc1OCCC(C)C. The predicted octanol–water partition coefficient (Wildman–Crippen LogP) is 5.28. The van der Waals surface area contributed by atoms with Crippen molar-refractivity contribution in [3.05, 3.63) is 89.3 Å². The molecular formula is C28H30N2O6. The molecule has 3 aromatic rings. The lowest BCUT2D eigenvalue weighted by Gasteiger charge is -2.27. The van der Waals surface area contributed by atoms with Gasteiger partial charge in [0.25, 0.3) is 5.91 Å². The van der Waals surface area contributed by atoms with Crippen LogP contribution >= 0.6 is 0 Å². The maximum Gasteiger partial charge on any atom is 0.290 e. The first-order valence-corrected chi connectivity index (χ1v) is 12.0. The maximum absolute atomic E-state index is 13.4. The molecule has 4 rings (SSSR count). The van der Waals surface area contributed by atoms with E-state index in [1.807, 2.05) is 6.92 Å². The fourth-order valence-electron chi connectivity index (χ4n) is 4.11. The molecule has 36 heavy (non-hydrogen) atoms. The van der Waals surface area contributed by atoms with E-state index in [2.05, 4.69) is 18.8 Å². The Kier molecular flexibility index (Phi) is 7.73. The molecule has 0 saturated heterocycles. The van der Waals surface area contributed by atoms with Crippen LogP contribution in [0, 0.1) is 5.92 Å². The number of amides is 1. The number of nitrogens with zero attached hydrogens (tertiary/aromatic N) is 2. The minimum Gasteiger partial charge on any atom is -0.503 e. The van der Waals surface area contributed by atoms with Gasteiger partial charge in [0.15, 0.2) is 23.0 Å². The van der Waals surface area contributed by atoms with Crippen LogP contribution in [0.2, 0.25) is 0 Å². The molecule has 0 saturated carbocycles. The molecule has 1 atom stereocenters. The first-order chi connectivity index (χ1) is 17.4. The van der Waals surface area contributed by atoms with Crippen LogP contribution in [0.4, 0.5) is 0 Å². The summed E-state index contributed by atoms with van der Waals surface area (Å²) < 4.78 is 17.1. The van der Waals surface area contributed by atoms with Gasteiger partial charge in [-0.2, -0.15) is 0 Å². The topological polar surface area (TPSA) is 102 Å². The van der Waals surface area contributed by atoms with E-state index in [0.29, 0.717) is 36.2 Å². The standard InChI is InChI=1S/C28H30N2O6/c1-4-34-23-16-20(7-8-21(23)36-15-11-18(2)3)25-24(26(31)22-6-5-14-35-22)27(32)28(33)30(25)17-19-9-12-29-13-10-19/h5-10,12-14,16,18,25,32H,4,11,15,17H2,1-3H3. The zero-order valence-electron chi connectivity index (χ0n) is 20.6. The Bertz CT molecular complexity index is 1230. The number of hydrogen-bond acceptors (Lipinski definition) is 7. The highest BCUT2D eigenvalue weighted by Gasteiger charge is 2.44. The third kappa shape index (κ3) is 5.27. The minimum absolute atomic E-state index is 0.0405. The Hall–Kier alpha value is -4.07. The van der Waals surface area contributed by atoms with Crippen LogP contribution in [0.15, 0.2) is 76.9 Å². The van der Waals surface area contributed by atoms with E-state index in [4.69, 9.17) is 13.9 Å². The van der Waals surface area contributed by atoms with Crippen molar-refractivity contribution in [3.8, 4) is 11.5 Å². The van der Waals surface area contributed by atoms with Crippen LogP contribution in [-0.4, -0.2) is 39.9 Å². The number of aliphatic hydroxyl groups excluding tert-OH is 1. The summed E-state index contributed by atoms with van der Waals surface area (Å²) in [4.78, 5) is 32.1. The number of ketones is 1. The second kappa shape index (κ2) is 11.1. The lowest BCUT2D eigenvalue weighted by molar-refractivity contribution is -0.130. The number of aromatic nitrogens is 1. The van der Waals surface area contributed by atoms with Crippen LogP contribution in [0.25, 0.3) is 0 Å². The molecule has 3 heterocycles. The summed E-state index contributed by atoms with van der Waals surface area (Å²) in [5, 5.41) is 10.9. The molecule has 2 aromatic heterocycles. The van der Waals surface area contributed by atoms with Crippen LogP contribution in [0.5, 0.6) is 11.5 Å². The van der Waals surface area contributed by atoms with Gasteiger partial charge >= 0.3 is 0 Å². The Balaban J connectivity index is 1.75. The van der Waals surface area contributed by atoms with Crippen LogP contribution in [0.1, 0.15) is 54.9 Å². The molecule has 1 aromatic carbocycles. The molecule has 1 amide bonds. The van der Waals surface area contributed by atoms with Gasteiger partial charge in [-0.25, -0.2) is 0 Å². The molecule has 1 aliphatic heterocycles. The van der Waals surface area contributed by atoms with E-state index in [1.54, 1.807) is 48.8 Å². The molecule has 8 heteroatoms. The second-order valence-corrected chi connectivity index (χ2v) is 8.93. The number of furan rings is 1. The zero-order chi connectivity index (χ0) is 25.7. The maximum atomic E-state index is 13.4. The largest absolute Gasteiger partial charge is 0.503 e. The van der Waals surface area contributed by atoms with Gasteiger partial charge in [0.05, 0.1) is 31.1 Å². The normalized spacial score (nSPS) is 15.6. The minimum atomic E-state index is -0.854. The average molecular weight is 491 g/mol. The van der Waals surface area contributed by atoms with Gasteiger partial charge in [0.1, 0.15) is 0 Å². The summed E-state index contributed by atoms with van der Waals surface area (Å²) in [6.07, 6.45) is 5.53. The average Bonchev–Trinajstić information content (AvgIpc) is 3.49. The number of carbonyl (C=O) groups excluding carboxylic acids is 2. The number of Topliss-reactive ketones (excluding diaryl/α,β-unsaturated/α-hetero) is 1. The van der Waals surface area contributed by atoms with Crippen molar-refractivity contribution in [1.82, 2.24) is 9.88 Å². The number of carbonyl (C=O) groups is 2. The third-order valence-electron chi connectivity index (χ3n) is 5.93. The summed E-state index contributed by atoms with van der Waals surface area (Å²) >= 11 is 0. The third-order valence-corrected chi connectivity index (χ3v) is 5.93. The number of ether oxygens (including phenoxy) is 2. The summed E-state index contributed by atoms with van der Waals surface area (Å²) in [7, 11) is 0. The number of benzene rings is 1. The number of hydrogen-bond donors (Lipinski definition) is 1. The highest BCUT2D eigenvalue weighted by Crippen LogP contribution is 2.42. The lowest BCUT2D eigenvalue weighted by Crippen LogP contribution is -2.30. The van der Waals surface area contributed by atoms with Gasteiger partial charge in [-0.3, -0.25) is 14.6 Å².